The Bertz CT molecular complexity index is 571. The van der Waals surface area contributed by atoms with Crippen LogP contribution in [0.1, 0.15) is 31.3 Å². The van der Waals surface area contributed by atoms with E-state index in [9.17, 15) is 9.59 Å². The van der Waals surface area contributed by atoms with Crippen LogP contribution in [0, 0.1) is 5.92 Å². The van der Waals surface area contributed by atoms with E-state index in [1.54, 1.807) is 22.8 Å². The average Bonchev–Trinajstić information content (AvgIpc) is 2.60. The molecule has 0 aliphatic carbocycles. The highest BCUT2D eigenvalue weighted by molar-refractivity contribution is 5.93. The molecule has 8 heteroatoms. The van der Waals surface area contributed by atoms with Crippen molar-refractivity contribution in [2.75, 3.05) is 44.6 Å². The lowest BCUT2D eigenvalue weighted by Crippen LogP contribution is -2.50. The Labute approximate surface area is 142 Å². The van der Waals surface area contributed by atoms with Gasteiger partial charge in [-0.3, -0.25) is 4.79 Å². The Hall–Kier alpha value is -2.38. The minimum Gasteiger partial charge on any atom is -0.450 e. The molecule has 132 valence electrons. The van der Waals surface area contributed by atoms with Crippen LogP contribution in [0.15, 0.2) is 12.4 Å². The highest BCUT2D eigenvalue weighted by Crippen LogP contribution is 2.11. The molecule has 1 fully saturated rings. The molecular weight excluding hydrogens is 310 g/mol. The summed E-state index contributed by atoms with van der Waals surface area (Å²) in [4.78, 5) is 35.8. The van der Waals surface area contributed by atoms with E-state index in [-0.39, 0.29) is 12.0 Å². The highest BCUT2D eigenvalue weighted by atomic mass is 16.6. The lowest BCUT2D eigenvalue weighted by molar-refractivity contribution is 0.0566. The number of rotatable bonds is 5. The van der Waals surface area contributed by atoms with Crippen molar-refractivity contribution in [1.29, 1.82) is 0 Å². The third-order valence-corrected chi connectivity index (χ3v) is 3.67. The van der Waals surface area contributed by atoms with Gasteiger partial charge in [0.05, 0.1) is 6.61 Å². The van der Waals surface area contributed by atoms with Gasteiger partial charge in [-0.2, -0.15) is 0 Å². The minimum absolute atomic E-state index is 0.145. The Morgan fingerprint density at radius 1 is 1.21 bits per heavy atom. The van der Waals surface area contributed by atoms with Crippen LogP contribution < -0.4 is 5.32 Å². The molecule has 2 amide bonds. The molecule has 0 spiro atoms. The van der Waals surface area contributed by atoms with Crippen LogP contribution in [-0.2, 0) is 4.74 Å². The summed E-state index contributed by atoms with van der Waals surface area (Å²) in [5.41, 5.74) is 0.362. The fourth-order valence-electron chi connectivity index (χ4n) is 2.35. The first-order chi connectivity index (χ1) is 11.5. The molecule has 0 unspecified atom stereocenters. The summed E-state index contributed by atoms with van der Waals surface area (Å²) in [6.07, 6.45) is 1.07. The number of hydrogen-bond donors (Lipinski definition) is 1. The van der Waals surface area contributed by atoms with Gasteiger partial charge in [-0.15, -0.1) is 0 Å². The van der Waals surface area contributed by atoms with Gasteiger partial charge in [0.25, 0.3) is 5.91 Å². The first kappa shape index (κ1) is 18.0. The van der Waals surface area contributed by atoms with E-state index in [2.05, 4.69) is 29.1 Å². The Kier molecular flexibility index (Phi) is 6.34. The zero-order valence-electron chi connectivity index (χ0n) is 14.5. The van der Waals surface area contributed by atoms with Crippen molar-refractivity contribution in [3.05, 3.63) is 18.1 Å². The first-order valence-corrected chi connectivity index (χ1v) is 8.28. The molecule has 1 aliphatic heterocycles. The zero-order valence-corrected chi connectivity index (χ0v) is 14.5. The van der Waals surface area contributed by atoms with Crippen LogP contribution in [0.5, 0.6) is 0 Å². The number of anilines is 1. The number of amides is 2. The van der Waals surface area contributed by atoms with Gasteiger partial charge in [0.2, 0.25) is 0 Å². The lowest BCUT2D eigenvalue weighted by atomic mass is 10.2. The van der Waals surface area contributed by atoms with Crippen molar-refractivity contribution in [3.8, 4) is 0 Å². The molecule has 2 rings (SSSR count). The molecule has 0 aromatic carbocycles. The second kappa shape index (κ2) is 8.47. The normalized spacial score (nSPS) is 14.7. The smallest absolute Gasteiger partial charge is 0.409 e. The third-order valence-electron chi connectivity index (χ3n) is 3.67. The summed E-state index contributed by atoms with van der Waals surface area (Å²) in [7, 11) is 0. The fraction of sp³-hybridized carbons (Fsp3) is 0.625. The van der Waals surface area contributed by atoms with E-state index >= 15 is 0 Å². The van der Waals surface area contributed by atoms with Crippen LogP contribution >= 0.6 is 0 Å². The largest absolute Gasteiger partial charge is 0.450 e. The van der Waals surface area contributed by atoms with E-state index in [0.29, 0.717) is 50.2 Å². The number of nitrogens with one attached hydrogen (secondary N) is 1. The van der Waals surface area contributed by atoms with E-state index in [1.165, 1.54) is 6.33 Å². The molecule has 8 nitrogen and oxygen atoms in total. The van der Waals surface area contributed by atoms with Crippen molar-refractivity contribution < 1.29 is 14.3 Å². The highest BCUT2D eigenvalue weighted by Gasteiger charge is 2.26. The summed E-state index contributed by atoms with van der Waals surface area (Å²) in [6, 6.07) is 1.67. The molecule has 0 radical (unpaired) electrons. The predicted molar refractivity (Wildman–Crippen MR) is 89.9 cm³/mol. The summed E-state index contributed by atoms with van der Waals surface area (Å²) in [5.74, 6) is 0.982. The Morgan fingerprint density at radius 2 is 1.88 bits per heavy atom. The molecule has 0 saturated carbocycles. The van der Waals surface area contributed by atoms with Gasteiger partial charge in [-0.25, -0.2) is 14.8 Å². The molecule has 0 atom stereocenters. The van der Waals surface area contributed by atoms with Gasteiger partial charge < -0.3 is 19.9 Å². The molecule has 2 heterocycles. The second-order valence-electron chi connectivity index (χ2n) is 6.04. The van der Waals surface area contributed by atoms with Gasteiger partial charge in [0.1, 0.15) is 17.8 Å². The maximum absolute atomic E-state index is 12.6. The maximum atomic E-state index is 12.6. The average molecular weight is 335 g/mol. The second-order valence-corrected chi connectivity index (χ2v) is 6.04. The van der Waals surface area contributed by atoms with Crippen molar-refractivity contribution in [1.82, 2.24) is 19.8 Å². The molecule has 1 N–H and O–H groups in total. The van der Waals surface area contributed by atoms with Crippen LogP contribution in [0.3, 0.4) is 0 Å². The van der Waals surface area contributed by atoms with Crippen molar-refractivity contribution in [2.45, 2.75) is 20.8 Å². The standard InChI is InChI=1S/C16H25N5O3/c1-4-24-16(23)21-7-5-20(6-8-21)15(22)13-9-14(19-11-18-13)17-10-12(2)3/h9,11-12H,4-8,10H2,1-3H3,(H,17,18,19). The summed E-state index contributed by atoms with van der Waals surface area (Å²) < 4.78 is 4.98. The monoisotopic (exact) mass is 335 g/mol. The number of hydrogen-bond acceptors (Lipinski definition) is 6. The van der Waals surface area contributed by atoms with Crippen molar-refractivity contribution in [3.63, 3.8) is 0 Å². The number of nitrogens with zero attached hydrogens (tertiary/aromatic N) is 4. The number of carbonyl (C=O) groups excluding carboxylic acids is 2. The lowest BCUT2D eigenvalue weighted by Gasteiger charge is -2.33. The van der Waals surface area contributed by atoms with Gasteiger partial charge in [-0.05, 0) is 12.8 Å². The quantitative estimate of drug-likeness (QED) is 0.876. The minimum atomic E-state index is -0.327. The molecule has 24 heavy (non-hydrogen) atoms. The van der Waals surface area contributed by atoms with E-state index < -0.39 is 0 Å². The van der Waals surface area contributed by atoms with E-state index in [4.69, 9.17) is 4.74 Å². The molecule has 1 saturated heterocycles. The van der Waals surface area contributed by atoms with Gasteiger partial charge in [-0.1, -0.05) is 13.8 Å². The first-order valence-electron chi connectivity index (χ1n) is 8.28. The van der Waals surface area contributed by atoms with E-state index in [1.807, 2.05) is 0 Å². The number of aromatic nitrogens is 2. The summed E-state index contributed by atoms with van der Waals surface area (Å²) in [6.45, 7) is 8.98. The van der Waals surface area contributed by atoms with Gasteiger partial charge in [0.15, 0.2) is 0 Å². The SMILES string of the molecule is CCOC(=O)N1CCN(C(=O)c2cc(NCC(C)C)ncn2)CC1. The fourth-order valence-corrected chi connectivity index (χ4v) is 2.35. The third kappa shape index (κ3) is 4.81. The van der Waals surface area contributed by atoms with Crippen LogP contribution in [0.2, 0.25) is 0 Å². The van der Waals surface area contributed by atoms with Crippen molar-refractivity contribution >= 4 is 17.8 Å². The topological polar surface area (TPSA) is 87.7 Å². The summed E-state index contributed by atoms with van der Waals surface area (Å²) in [5, 5.41) is 3.19. The van der Waals surface area contributed by atoms with Crippen molar-refractivity contribution in [2.24, 2.45) is 5.92 Å². The zero-order chi connectivity index (χ0) is 17.5. The number of carbonyl (C=O) groups is 2. The Balaban J connectivity index is 1.93. The maximum Gasteiger partial charge on any atom is 0.409 e. The molecule has 1 aromatic rings. The predicted octanol–water partition coefficient (Wildman–Crippen LogP) is 1.46. The van der Waals surface area contributed by atoms with Crippen LogP contribution in [0.25, 0.3) is 0 Å². The molecule has 1 aromatic heterocycles. The Morgan fingerprint density at radius 3 is 2.50 bits per heavy atom. The molecule has 0 bridgehead atoms. The van der Waals surface area contributed by atoms with Crippen LogP contribution in [-0.4, -0.2) is 71.1 Å². The summed E-state index contributed by atoms with van der Waals surface area (Å²) >= 11 is 0. The van der Waals surface area contributed by atoms with Gasteiger partial charge >= 0.3 is 6.09 Å². The van der Waals surface area contributed by atoms with Crippen LogP contribution in [0.4, 0.5) is 10.6 Å². The van der Waals surface area contributed by atoms with E-state index in [0.717, 1.165) is 6.54 Å². The van der Waals surface area contributed by atoms with Gasteiger partial charge in [0, 0.05) is 38.8 Å². The molecular formula is C16H25N5O3. The molecule has 1 aliphatic rings. The number of ether oxygens (including phenoxy) is 1. The number of piperazine rings is 1.